The predicted molar refractivity (Wildman–Crippen MR) is 109 cm³/mol. The molecular weight excluding hydrogens is 392 g/mol. The molecule has 1 saturated heterocycles. The number of para-hydroxylation sites is 1. The van der Waals surface area contributed by atoms with Crippen molar-refractivity contribution in [1.82, 2.24) is 4.90 Å². The van der Waals surface area contributed by atoms with Gasteiger partial charge in [0.15, 0.2) is 6.61 Å². The van der Waals surface area contributed by atoms with Crippen molar-refractivity contribution in [3.05, 3.63) is 60.2 Å². The van der Waals surface area contributed by atoms with E-state index in [1.807, 2.05) is 0 Å². The lowest BCUT2D eigenvalue weighted by Crippen LogP contribution is -2.38. The highest BCUT2D eigenvalue weighted by molar-refractivity contribution is 7.92. The molecule has 2 aromatic carbocycles. The number of ether oxygens (including phenoxy) is 1. The molecule has 0 unspecified atom stereocenters. The van der Waals surface area contributed by atoms with E-state index < -0.39 is 22.6 Å². The second-order valence-corrected chi connectivity index (χ2v) is 8.76. The third kappa shape index (κ3) is 4.76. The first kappa shape index (κ1) is 20.9. The Hall–Kier alpha value is -2.87. The summed E-state index contributed by atoms with van der Waals surface area (Å²) in [7, 11) is -2.57. The maximum atomic E-state index is 13.1. The lowest BCUT2D eigenvalue weighted by atomic mass is 10.1. The first-order valence-electron chi connectivity index (χ1n) is 9.49. The molecule has 3 rings (SSSR count). The minimum absolute atomic E-state index is 0.0956. The number of rotatable bonds is 6. The molecule has 154 valence electrons. The molecule has 1 aliphatic rings. The fraction of sp³-hybridized carbons (Fsp3) is 0.333. The van der Waals surface area contributed by atoms with Crippen molar-refractivity contribution in [3.63, 3.8) is 0 Å². The highest BCUT2D eigenvalue weighted by atomic mass is 32.2. The molecule has 0 saturated carbocycles. The number of amides is 1. The van der Waals surface area contributed by atoms with E-state index in [0.717, 1.165) is 23.6 Å². The standard InChI is InChI=1S/C21H24N2O5S/c1-22(17-10-4-2-5-11-17)29(26,27)19-13-7-6-12-18(19)21(25)28-16-20(24)23-14-8-3-9-15-23/h2,4-7,10-13H,3,8-9,14-16H2,1H3. The fourth-order valence-electron chi connectivity index (χ4n) is 3.22. The molecule has 2 aromatic rings. The molecule has 0 N–H and O–H groups in total. The highest BCUT2D eigenvalue weighted by Crippen LogP contribution is 2.25. The summed E-state index contributed by atoms with van der Waals surface area (Å²) in [4.78, 5) is 26.3. The molecule has 0 aliphatic carbocycles. The molecule has 1 aliphatic heterocycles. The van der Waals surface area contributed by atoms with E-state index in [4.69, 9.17) is 4.74 Å². The normalized spacial score (nSPS) is 14.3. The van der Waals surface area contributed by atoms with Crippen LogP contribution in [0.3, 0.4) is 0 Å². The molecule has 0 aromatic heterocycles. The molecule has 29 heavy (non-hydrogen) atoms. The van der Waals surface area contributed by atoms with Crippen LogP contribution in [-0.2, 0) is 19.6 Å². The van der Waals surface area contributed by atoms with Gasteiger partial charge in [0.25, 0.3) is 15.9 Å². The summed E-state index contributed by atoms with van der Waals surface area (Å²) in [6.07, 6.45) is 2.96. The second kappa shape index (κ2) is 9.09. The number of nitrogens with zero attached hydrogens (tertiary/aromatic N) is 2. The van der Waals surface area contributed by atoms with Crippen LogP contribution in [-0.4, -0.2) is 51.9 Å². The first-order chi connectivity index (χ1) is 13.9. The van der Waals surface area contributed by atoms with Gasteiger partial charge in [0.05, 0.1) is 11.3 Å². The lowest BCUT2D eigenvalue weighted by molar-refractivity contribution is -0.135. The van der Waals surface area contributed by atoms with E-state index in [0.29, 0.717) is 18.8 Å². The van der Waals surface area contributed by atoms with Crippen LogP contribution >= 0.6 is 0 Å². The third-order valence-corrected chi connectivity index (χ3v) is 6.74. The molecular formula is C21H24N2O5S. The Morgan fingerprint density at radius 3 is 2.28 bits per heavy atom. The van der Waals surface area contributed by atoms with Gasteiger partial charge in [-0.1, -0.05) is 30.3 Å². The molecule has 1 fully saturated rings. The minimum Gasteiger partial charge on any atom is -0.452 e. The SMILES string of the molecule is CN(c1ccccc1)S(=O)(=O)c1ccccc1C(=O)OCC(=O)N1CCCCC1. The first-order valence-corrected chi connectivity index (χ1v) is 10.9. The molecule has 0 spiro atoms. The Bertz CT molecular complexity index is 970. The van der Waals surface area contributed by atoms with Crippen molar-refractivity contribution in [1.29, 1.82) is 0 Å². The van der Waals surface area contributed by atoms with Gasteiger partial charge in [-0.15, -0.1) is 0 Å². The number of carbonyl (C=O) groups is 2. The van der Waals surface area contributed by atoms with Crippen LogP contribution in [0.1, 0.15) is 29.6 Å². The average Bonchev–Trinajstić information content (AvgIpc) is 2.77. The van der Waals surface area contributed by atoms with Gasteiger partial charge in [0.1, 0.15) is 4.90 Å². The zero-order valence-corrected chi connectivity index (χ0v) is 17.1. The number of benzene rings is 2. The van der Waals surface area contributed by atoms with Crippen molar-refractivity contribution in [3.8, 4) is 0 Å². The summed E-state index contributed by atoms with van der Waals surface area (Å²) < 4.78 is 32.4. The zero-order chi connectivity index (χ0) is 20.9. The van der Waals surface area contributed by atoms with Gasteiger partial charge in [-0.3, -0.25) is 9.10 Å². The zero-order valence-electron chi connectivity index (χ0n) is 16.3. The van der Waals surface area contributed by atoms with Gasteiger partial charge in [0, 0.05) is 20.1 Å². The van der Waals surface area contributed by atoms with Gasteiger partial charge in [-0.05, 0) is 43.5 Å². The van der Waals surface area contributed by atoms with Crippen LogP contribution in [0.5, 0.6) is 0 Å². The van der Waals surface area contributed by atoms with E-state index in [2.05, 4.69) is 0 Å². The monoisotopic (exact) mass is 416 g/mol. The predicted octanol–water partition coefficient (Wildman–Crippen LogP) is 2.68. The number of esters is 1. The van der Waals surface area contributed by atoms with Crippen LogP contribution in [0.25, 0.3) is 0 Å². The van der Waals surface area contributed by atoms with E-state index in [1.54, 1.807) is 47.4 Å². The Morgan fingerprint density at radius 1 is 0.966 bits per heavy atom. The van der Waals surface area contributed by atoms with Crippen molar-refractivity contribution in [2.75, 3.05) is 31.0 Å². The number of hydrogen-bond donors (Lipinski definition) is 0. The molecule has 8 heteroatoms. The van der Waals surface area contributed by atoms with Crippen LogP contribution in [0.15, 0.2) is 59.5 Å². The maximum absolute atomic E-state index is 13.1. The van der Waals surface area contributed by atoms with E-state index in [1.165, 1.54) is 19.2 Å². The number of sulfonamides is 1. The molecule has 7 nitrogen and oxygen atoms in total. The van der Waals surface area contributed by atoms with Gasteiger partial charge in [0.2, 0.25) is 0 Å². The molecule has 1 amide bonds. The average molecular weight is 416 g/mol. The number of hydrogen-bond acceptors (Lipinski definition) is 5. The van der Waals surface area contributed by atoms with Crippen LogP contribution in [0.2, 0.25) is 0 Å². The van der Waals surface area contributed by atoms with Gasteiger partial charge < -0.3 is 9.64 Å². The lowest BCUT2D eigenvalue weighted by Gasteiger charge is -2.26. The van der Waals surface area contributed by atoms with Crippen LogP contribution < -0.4 is 4.31 Å². The van der Waals surface area contributed by atoms with Crippen LogP contribution in [0, 0.1) is 0 Å². The summed E-state index contributed by atoms with van der Waals surface area (Å²) in [5.41, 5.74) is 0.373. The summed E-state index contributed by atoms with van der Waals surface area (Å²) in [6.45, 7) is 0.911. The minimum atomic E-state index is -3.99. The quantitative estimate of drug-likeness (QED) is 0.676. The Morgan fingerprint density at radius 2 is 1.59 bits per heavy atom. The van der Waals surface area contributed by atoms with Gasteiger partial charge >= 0.3 is 5.97 Å². The third-order valence-electron chi connectivity index (χ3n) is 4.90. The fourth-order valence-corrected chi connectivity index (χ4v) is 4.60. The van der Waals surface area contributed by atoms with E-state index in [9.17, 15) is 18.0 Å². The number of anilines is 1. The Balaban J connectivity index is 1.77. The van der Waals surface area contributed by atoms with Crippen molar-refractivity contribution >= 4 is 27.6 Å². The van der Waals surface area contributed by atoms with Crippen LogP contribution in [0.4, 0.5) is 5.69 Å². The largest absolute Gasteiger partial charge is 0.452 e. The van der Waals surface area contributed by atoms with E-state index in [-0.39, 0.29) is 16.4 Å². The Kier molecular flexibility index (Phi) is 6.53. The van der Waals surface area contributed by atoms with Gasteiger partial charge in [-0.25, -0.2) is 13.2 Å². The molecule has 0 bridgehead atoms. The van der Waals surface area contributed by atoms with Crippen molar-refractivity contribution < 1.29 is 22.7 Å². The van der Waals surface area contributed by atoms with E-state index >= 15 is 0 Å². The van der Waals surface area contributed by atoms with Crippen molar-refractivity contribution in [2.45, 2.75) is 24.2 Å². The molecule has 1 heterocycles. The smallest absolute Gasteiger partial charge is 0.340 e. The number of carbonyl (C=O) groups excluding carboxylic acids is 2. The maximum Gasteiger partial charge on any atom is 0.340 e. The van der Waals surface area contributed by atoms with Gasteiger partial charge in [-0.2, -0.15) is 0 Å². The number of likely N-dealkylation sites (tertiary alicyclic amines) is 1. The molecule has 0 radical (unpaired) electrons. The number of piperidine rings is 1. The second-order valence-electron chi connectivity index (χ2n) is 6.82. The topological polar surface area (TPSA) is 84.0 Å². The summed E-state index contributed by atoms with van der Waals surface area (Å²) in [6, 6.07) is 14.4. The Labute approximate surface area is 170 Å². The summed E-state index contributed by atoms with van der Waals surface area (Å²) in [5, 5.41) is 0. The summed E-state index contributed by atoms with van der Waals surface area (Å²) in [5.74, 6) is -1.10. The molecule has 0 atom stereocenters. The summed E-state index contributed by atoms with van der Waals surface area (Å²) >= 11 is 0. The van der Waals surface area contributed by atoms with Crippen molar-refractivity contribution in [2.24, 2.45) is 0 Å². The highest BCUT2D eigenvalue weighted by Gasteiger charge is 2.28.